The molecule has 0 aromatic heterocycles. The maximum Gasteiger partial charge on any atom is 0.240 e. The molecule has 0 spiro atoms. The molecule has 0 bridgehead atoms. The fourth-order valence-electron chi connectivity index (χ4n) is 0.867. The van der Waals surface area contributed by atoms with Crippen LogP contribution in [0.3, 0.4) is 0 Å². The van der Waals surface area contributed by atoms with Gasteiger partial charge >= 0.3 is 0 Å². The third-order valence-electron chi connectivity index (χ3n) is 2.04. The molecule has 0 unspecified atom stereocenters. The van der Waals surface area contributed by atoms with Crippen LogP contribution in [-0.2, 0) is 4.79 Å². The van der Waals surface area contributed by atoms with Gasteiger partial charge in [-0.15, -0.1) is 0 Å². The van der Waals surface area contributed by atoms with Crippen LogP contribution in [0.1, 0.15) is 26.7 Å². The van der Waals surface area contributed by atoms with Gasteiger partial charge in [0.1, 0.15) is 6.54 Å². The van der Waals surface area contributed by atoms with E-state index in [1.54, 1.807) is 0 Å². The van der Waals surface area contributed by atoms with Crippen molar-refractivity contribution in [2.75, 3.05) is 6.54 Å². The lowest BCUT2D eigenvalue weighted by Crippen LogP contribution is -2.53. The third-order valence-corrected chi connectivity index (χ3v) is 2.04. The molecule has 0 aromatic carbocycles. The highest BCUT2D eigenvalue weighted by Gasteiger charge is 2.29. The second kappa shape index (κ2) is 4.73. The zero-order valence-electron chi connectivity index (χ0n) is 7.55. The molecule has 68 valence electrons. The minimum Gasteiger partial charge on any atom is -0.341 e. The smallest absolute Gasteiger partial charge is 0.240 e. The van der Waals surface area contributed by atoms with Gasteiger partial charge in [-0.1, -0.05) is 13.8 Å². The van der Waals surface area contributed by atoms with Crippen molar-refractivity contribution in [3.8, 4) is 6.07 Å². The topological polar surface area (TPSA) is 78.9 Å². The summed E-state index contributed by atoms with van der Waals surface area (Å²) in [5.41, 5.74) is 4.95. The predicted molar refractivity (Wildman–Crippen MR) is 46.1 cm³/mol. The third kappa shape index (κ3) is 2.51. The zero-order valence-corrected chi connectivity index (χ0v) is 7.55. The first kappa shape index (κ1) is 10.9. The number of nitrogens with one attached hydrogen (secondary N) is 1. The molecule has 0 fully saturated rings. The van der Waals surface area contributed by atoms with Gasteiger partial charge in [0.05, 0.1) is 11.6 Å². The number of nitrogens with zero attached hydrogens (tertiary/aromatic N) is 1. The van der Waals surface area contributed by atoms with E-state index in [2.05, 4.69) is 5.32 Å². The average Bonchev–Trinajstić information content (AvgIpc) is 2.12. The van der Waals surface area contributed by atoms with E-state index >= 15 is 0 Å². The summed E-state index contributed by atoms with van der Waals surface area (Å²) in [6, 6.07) is 1.83. The van der Waals surface area contributed by atoms with Gasteiger partial charge in [0.2, 0.25) is 5.91 Å². The van der Waals surface area contributed by atoms with Gasteiger partial charge in [-0.3, -0.25) is 4.79 Å². The van der Waals surface area contributed by atoms with Gasteiger partial charge in [-0.05, 0) is 12.8 Å². The maximum absolute atomic E-state index is 11.3. The second-order valence-corrected chi connectivity index (χ2v) is 2.70. The van der Waals surface area contributed by atoms with Crippen LogP contribution in [0.2, 0.25) is 0 Å². The molecule has 0 aliphatic carbocycles. The number of amides is 1. The lowest BCUT2D eigenvalue weighted by molar-refractivity contribution is -0.126. The van der Waals surface area contributed by atoms with E-state index < -0.39 is 5.54 Å². The molecule has 12 heavy (non-hydrogen) atoms. The Balaban J connectivity index is 4.14. The number of rotatable bonds is 4. The Kier molecular flexibility index (Phi) is 4.30. The number of carbonyl (C=O) groups is 1. The lowest BCUT2D eigenvalue weighted by Gasteiger charge is -2.24. The first-order valence-corrected chi connectivity index (χ1v) is 4.04. The predicted octanol–water partition coefficient (Wildman–Crippen LogP) is 0.144. The van der Waals surface area contributed by atoms with Crippen LogP contribution in [0.5, 0.6) is 0 Å². The summed E-state index contributed by atoms with van der Waals surface area (Å²) in [6.45, 7) is 3.74. The van der Waals surface area contributed by atoms with Crippen molar-refractivity contribution in [2.45, 2.75) is 32.2 Å². The fourth-order valence-corrected chi connectivity index (χ4v) is 0.867. The summed E-state index contributed by atoms with van der Waals surface area (Å²) in [6.07, 6.45) is 1.17. The van der Waals surface area contributed by atoms with Crippen LogP contribution in [0, 0.1) is 11.3 Å². The Bertz CT molecular complexity index is 191. The van der Waals surface area contributed by atoms with Crippen molar-refractivity contribution >= 4 is 5.91 Å². The molecule has 3 N–H and O–H groups in total. The highest BCUT2D eigenvalue weighted by atomic mass is 16.2. The van der Waals surface area contributed by atoms with Gasteiger partial charge in [0.25, 0.3) is 0 Å². The van der Waals surface area contributed by atoms with Crippen LogP contribution in [0.4, 0.5) is 0 Å². The van der Waals surface area contributed by atoms with Crippen molar-refractivity contribution in [1.82, 2.24) is 5.32 Å². The summed E-state index contributed by atoms with van der Waals surface area (Å²) < 4.78 is 0. The Labute approximate surface area is 72.7 Å². The quantitative estimate of drug-likeness (QED) is 0.588. The first-order chi connectivity index (χ1) is 5.60. The van der Waals surface area contributed by atoms with Crippen molar-refractivity contribution in [1.29, 1.82) is 5.26 Å². The standard InChI is InChI=1S/C8H15N3O/c1-3-8(10,4-2)7(12)11-6-5-9/h3-4,6,10H2,1-2H3,(H,11,12). The van der Waals surface area contributed by atoms with Crippen LogP contribution < -0.4 is 11.1 Å². The SMILES string of the molecule is CCC(N)(CC)C(=O)NCC#N. The number of nitrogens with two attached hydrogens (primary N) is 1. The first-order valence-electron chi connectivity index (χ1n) is 4.04. The van der Waals surface area contributed by atoms with Crippen LogP contribution in [-0.4, -0.2) is 18.0 Å². The highest BCUT2D eigenvalue weighted by molar-refractivity contribution is 5.86. The molecule has 0 aromatic rings. The minimum atomic E-state index is -0.809. The van der Waals surface area contributed by atoms with Gasteiger partial charge in [0, 0.05) is 0 Å². The van der Waals surface area contributed by atoms with E-state index in [1.807, 2.05) is 19.9 Å². The Morgan fingerprint density at radius 3 is 2.42 bits per heavy atom. The van der Waals surface area contributed by atoms with E-state index in [9.17, 15) is 4.79 Å². The summed E-state index contributed by atoms with van der Waals surface area (Å²) >= 11 is 0. The molecule has 0 saturated carbocycles. The fraction of sp³-hybridized carbons (Fsp3) is 0.750. The van der Waals surface area contributed by atoms with E-state index in [-0.39, 0.29) is 12.5 Å². The zero-order chi connectivity index (χ0) is 9.61. The Morgan fingerprint density at radius 1 is 1.58 bits per heavy atom. The van der Waals surface area contributed by atoms with Gasteiger partial charge in [-0.25, -0.2) is 0 Å². The molecule has 0 radical (unpaired) electrons. The molecule has 0 atom stereocenters. The molecule has 1 amide bonds. The lowest BCUT2D eigenvalue weighted by atomic mass is 9.93. The van der Waals surface area contributed by atoms with Crippen molar-refractivity contribution in [3.05, 3.63) is 0 Å². The summed E-state index contributed by atoms with van der Waals surface area (Å²) in [5, 5.41) is 10.7. The molecular weight excluding hydrogens is 154 g/mol. The van der Waals surface area contributed by atoms with E-state index in [1.165, 1.54) is 0 Å². The largest absolute Gasteiger partial charge is 0.341 e. The van der Waals surface area contributed by atoms with Gasteiger partial charge in [-0.2, -0.15) is 5.26 Å². The Hall–Kier alpha value is -1.08. The van der Waals surface area contributed by atoms with Crippen LogP contribution in [0.25, 0.3) is 0 Å². The highest BCUT2D eigenvalue weighted by Crippen LogP contribution is 2.10. The van der Waals surface area contributed by atoms with Gasteiger partial charge in [0.15, 0.2) is 0 Å². The van der Waals surface area contributed by atoms with Crippen molar-refractivity contribution in [3.63, 3.8) is 0 Å². The summed E-state index contributed by atoms with van der Waals surface area (Å²) in [7, 11) is 0. The molecule has 0 rings (SSSR count). The second-order valence-electron chi connectivity index (χ2n) is 2.70. The number of hydrogen-bond acceptors (Lipinski definition) is 3. The van der Waals surface area contributed by atoms with Crippen LogP contribution in [0.15, 0.2) is 0 Å². The minimum absolute atomic E-state index is 0.0256. The molecule has 0 aliphatic heterocycles. The van der Waals surface area contributed by atoms with E-state index in [0.717, 1.165) is 0 Å². The van der Waals surface area contributed by atoms with Crippen molar-refractivity contribution in [2.24, 2.45) is 5.73 Å². The maximum atomic E-state index is 11.3. The number of nitriles is 1. The molecular formula is C8H15N3O. The molecule has 0 saturated heterocycles. The Morgan fingerprint density at radius 2 is 2.08 bits per heavy atom. The van der Waals surface area contributed by atoms with E-state index in [0.29, 0.717) is 12.8 Å². The molecule has 4 nitrogen and oxygen atoms in total. The average molecular weight is 169 g/mol. The summed E-state index contributed by atoms with van der Waals surface area (Å²) in [5.74, 6) is -0.242. The number of carbonyl (C=O) groups excluding carboxylic acids is 1. The molecule has 0 heterocycles. The van der Waals surface area contributed by atoms with Crippen LogP contribution >= 0.6 is 0 Å². The number of hydrogen-bond donors (Lipinski definition) is 2. The van der Waals surface area contributed by atoms with Crippen molar-refractivity contribution < 1.29 is 4.79 Å². The van der Waals surface area contributed by atoms with E-state index in [4.69, 9.17) is 11.0 Å². The monoisotopic (exact) mass is 169 g/mol. The van der Waals surface area contributed by atoms with Gasteiger partial charge < -0.3 is 11.1 Å². The molecule has 0 aliphatic rings. The molecule has 4 heteroatoms. The normalized spacial score (nSPS) is 10.5. The summed E-state index contributed by atoms with van der Waals surface area (Å²) in [4.78, 5) is 11.3.